The molecule has 2 aliphatic heterocycles. The molecule has 4 aromatic rings. The van der Waals surface area contributed by atoms with E-state index >= 15 is 0 Å². The molecule has 1 spiro atoms. The number of anilines is 3. The summed E-state index contributed by atoms with van der Waals surface area (Å²) in [6.45, 7) is 13.3. The topological polar surface area (TPSA) is 131 Å². The molecule has 0 radical (unpaired) electrons. The molecular weight excluding hydrogens is 608 g/mol. The van der Waals surface area contributed by atoms with Gasteiger partial charge in [-0.25, -0.2) is 24.1 Å². The van der Waals surface area contributed by atoms with Crippen LogP contribution in [0.2, 0.25) is 0 Å². The van der Waals surface area contributed by atoms with E-state index in [-0.39, 0.29) is 23.6 Å². The van der Waals surface area contributed by atoms with Crippen molar-refractivity contribution in [1.82, 2.24) is 29.2 Å². The first-order valence-corrected chi connectivity index (χ1v) is 16.9. The summed E-state index contributed by atoms with van der Waals surface area (Å²) in [7, 11) is 0. The van der Waals surface area contributed by atoms with Crippen molar-refractivity contribution in [3.63, 3.8) is 0 Å². The van der Waals surface area contributed by atoms with Gasteiger partial charge in [-0.2, -0.15) is 4.98 Å². The number of aromatic nitrogens is 5. The predicted molar refractivity (Wildman–Crippen MR) is 185 cm³/mol. The van der Waals surface area contributed by atoms with Crippen molar-refractivity contribution >= 4 is 34.4 Å². The van der Waals surface area contributed by atoms with Crippen LogP contribution in [-0.2, 0) is 17.7 Å². The summed E-state index contributed by atoms with van der Waals surface area (Å²) in [6, 6.07) is 12.1. The summed E-state index contributed by atoms with van der Waals surface area (Å²) < 4.78 is 8.81. The quantitative estimate of drug-likeness (QED) is 0.259. The van der Waals surface area contributed by atoms with Gasteiger partial charge >= 0.3 is 6.09 Å². The molecule has 7 rings (SSSR count). The molecule has 2 saturated heterocycles. The Morgan fingerprint density at radius 1 is 1.06 bits per heavy atom. The van der Waals surface area contributed by atoms with Gasteiger partial charge in [0.1, 0.15) is 11.0 Å². The lowest BCUT2D eigenvalue weighted by atomic mass is 9.71. The Hall–Kier alpha value is -4.71. The molecule has 1 unspecified atom stereocenters. The van der Waals surface area contributed by atoms with Crippen LogP contribution in [0, 0.1) is 5.41 Å². The highest BCUT2D eigenvalue weighted by Crippen LogP contribution is 2.42. The van der Waals surface area contributed by atoms with E-state index in [1.54, 1.807) is 17.0 Å². The van der Waals surface area contributed by atoms with Crippen LogP contribution >= 0.6 is 0 Å². The number of nitrogens with one attached hydrogen (secondary N) is 1. The van der Waals surface area contributed by atoms with E-state index in [0.717, 1.165) is 75.2 Å². The van der Waals surface area contributed by atoms with E-state index in [1.165, 1.54) is 4.68 Å². The van der Waals surface area contributed by atoms with E-state index in [0.29, 0.717) is 34.9 Å². The number of aliphatic hydroxyl groups is 1. The third-order valence-electron chi connectivity index (χ3n) is 9.98. The Morgan fingerprint density at radius 3 is 2.46 bits per heavy atom. The zero-order valence-electron chi connectivity index (χ0n) is 28.0. The van der Waals surface area contributed by atoms with Crippen LogP contribution in [0.3, 0.4) is 0 Å². The molecule has 12 nitrogen and oxygen atoms in total. The molecule has 1 atom stereocenters. The van der Waals surface area contributed by atoms with Gasteiger partial charge in [-0.05, 0) is 101 Å². The second-order valence-corrected chi connectivity index (χ2v) is 14.3. The molecule has 2 N–H and O–H groups in total. The van der Waals surface area contributed by atoms with Crippen LogP contribution in [0.5, 0.6) is 0 Å². The van der Waals surface area contributed by atoms with Gasteiger partial charge in [-0.1, -0.05) is 12.1 Å². The number of rotatable bonds is 6. The number of carbonyl (C=O) groups excluding carboxylic acids is 1. The van der Waals surface area contributed by atoms with Crippen molar-refractivity contribution in [2.75, 3.05) is 36.4 Å². The number of allylic oxidation sites excluding steroid dienone is 1. The third kappa shape index (κ3) is 6.16. The number of amides is 1. The van der Waals surface area contributed by atoms with Crippen LogP contribution < -0.4 is 15.8 Å². The first-order chi connectivity index (χ1) is 23.0. The number of carbonyl (C=O) groups is 1. The molecule has 5 heterocycles. The SMILES string of the molecule is C=CCn1c(=O)c2cnc(Nc3ccc(N4CCC5(CCN(C(=O)OC(C)(C)C)CC5)CC4)cc3)nc2n1-c1ccc2c(n1)C(O)CC2. The van der Waals surface area contributed by atoms with Crippen LogP contribution in [0.1, 0.15) is 70.2 Å². The van der Waals surface area contributed by atoms with Crippen molar-refractivity contribution in [3.05, 3.63) is 76.9 Å². The van der Waals surface area contributed by atoms with E-state index in [4.69, 9.17) is 14.7 Å². The summed E-state index contributed by atoms with van der Waals surface area (Å²) >= 11 is 0. The highest BCUT2D eigenvalue weighted by molar-refractivity contribution is 5.77. The number of aliphatic hydroxyl groups excluding tert-OH is 1. The number of hydrogen-bond donors (Lipinski definition) is 2. The molecular formula is C36H44N8O4. The fourth-order valence-electron chi connectivity index (χ4n) is 7.26. The molecule has 252 valence electrons. The normalized spacial score (nSPS) is 19.0. The van der Waals surface area contributed by atoms with Crippen molar-refractivity contribution in [2.24, 2.45) is 5.41 Å². The molecule has 12 heteroatoms. The Morgan fingerprint density at radius 2 is 1.77 bits per heavy atom. The Bertz CT molecular complexity index is 1890. The van der Waals surface area contributed by atoms with Crippen LogP contribution in [-0.4, -0.2) is 72.2 Å². The average molecular weight is 653 g/mol. The lowest BCUT2D eigenvalue weighted by Crippen LogP contribution is -2.49. The van der Waals surface area contributed by atoms with E-state index in [2.05, 4.69) is 33.9 Å². The standard InChI is InChI=1S/C36H44N8O4/c1-5-18-43-32(46)27-23-37-33(40-31(27)44(43)29-13-7-24-6-12-28(45)30(24)39-29)38-25-8-10-26(11-9-25)41-19-14-36(15-20-41)16-21-42(22-17-36)34(47)48-35(2,3)4/h5,7-11,13,23,28,45H,1,6,12,14-22H2,2-4H3,(H,37,38,40). The number of fused-ring (bicyclic) bond motifs is 2. The van der Waals surface area contributed by atoms with Crippen LogP contribution in [0.25, 0.3) is 16.9 Å². The monoisotopic (exact) mass is 652 g/mol. The zero-order valence-corrected chi connectivity index (χ0v) is 28.0. The maximum Gasteiger partial charge on any atom is 0.410 e. The Kier molecular flexibility index (Phi) is 8.22. The minimum atomic E-state index is -0.619. The number of aryl methyl sites for hydroxylation is 1. The lowest BCUT2D eigenvalue weighted by molar-refractivity contribution is 0.00665. The second-order valence-electron chi connectivity index (χ2n) is 14.3. The maximum atomic E-state index is 13.3. The van der Waals surface area contributed by atoms with Gasteiger partial charge in [0.05, 0.1) is 18.3 Å². The smallest absolute Gasteiger partial charge is 0.410 e. The molecule has 48 heavy (non-hydrogen) atoms. The summed E-state index contributed by atoms with van der Waals surface area (Å²) in [5, 5.41) is 14.1. The Balaban J connectivity index is 1.03. The van der Waals surface area contributed by atoms with Crippen LogP contribution in [0.15, 0.2) is 60.0 Å². The molecule has 0 bridgehead atoms. The van der Waals surface area contributed by atoms with Crippen molar-refractivity contribution in [3.8, 4) is 5.82 Å². The van der Waals surface area contributed by atoms with Gasteiger partial charge in [0.25, 0.3) is 5.56 Å². The van der Waals surface area contributed by atoms with Gasteiger partial charge in [0.2, 0.25) is 5.95 Å². The summed E-state index contributed by atoms with van der Waals surface area (Å²) in [5.74, 6) is 0.869. The third-order valence-corrected chi connectivity index (χ3v) is 9.98. The van der Waals surface area contributed by atoms with Crippen molar-refractivity contribution in [1.29, 1.82) is 0 Å². The minimum Gasteiger partial charge on any atom is -0.444 e. The zero-order chi connectivity index (χ0) is 33.6. The summed E-state index contributed by atoms with van der Waals surface area (Å²) in [6.07, 6.45) is 8.04. The fraction of sp³-hybridized carbons (Fsp3) is 0.472. The number of benzene rings is 1. The predicted octanol–water partition coefficient (Wildman–Crippen LogP) is 5.50. The van der Waals surface area contributed by atoms with E-state index < -0.39 is 11.7 Å². The van der Waals surface area contributed by atoms with Crippen molar-refractivity contribution in [2.45, 2.75) is 77.5 Å². The molecule has 0 saturated carbocycles. The molecule has 1 amide bonds. The first kappa shape index (κ1) is 31.9. The molecule has 1 aliphatic carbocycles. The maximum absolute atomic E-state index is 13.3. The number of nitrogens with zero attached hydrogens (tertiary/aromatic N) is 7. The number of ether oxygens (including phenoxy) is 1. The molecule has 2 fully saturated rings. The Labute approximate surface area is 280 Å². The molecule has 3 aromatic heterocycles. The van der Waals surface area contributed by atoms with Gasteiger partial charge in [0.15, 0.2) is 11.5 Å². The van der Waals surface area contributed by atoms with Gasteiger partial charge in [-0.15, -0.1) is 6.58 Å². The van der Waals surface area contributed by atoms with Crippen LogP contribution in [0.4, 0.5) is 22.1 Å². The van der Waals surface area contributed by atoms with Crippen molar-refractivity contribution < 1.29 is 14.6 Å². The average Bonchev–Trinajstić information content (AvgIpc) is 3.57. The highest BCUT2D eigenvalue weighted by atomic mass is 16.6. The molecule has 3 aliphatic rings. The number of pyridine rings is 1. The van der Waals surface area contributed by atoms with E-state index in [1.807, 2.05) is 49.9 Å². The number of piperidine rings is 2. The van der Waals surface area contributed by atoms with Gasteiger partial charge < -0.3 is 25.0 Å². The highest BCUT2D eigenvalue weighted by Gasteiger charge is 2.39. The number of hydrogen-bond acceptors (Lipinski definition) is 9. The summed E-state index contributed by atoms with van der Waals surface area (Å²) in [5.41, 5.74) is 3.66. The van der Waals surface area contributed by atoms with Gasteiger partial charge in [0, 0.05) is 43.8 Å². The first-order valence-electron chi connectivity index (χ1n) is 16.9. The second kappa shape index (κ2) is 12.4. The summed E-state index contributed by atoms with van der Waals surface area (Å²) in [4.78, 5) is 44.1. The fourth-order valence-corrected chi connectivity index (χ4v) is 7.26. The van der Waals surface area contributed by atoms with Gasteiger partial charge in [-0.3, -0.25) is 4.79 Å². The lowest BCUT2D eigenvalue weighted by Gasteiger charge is -2.47. The largest absolute Gasteiger partial charge is 0.444 e. The molecule has 1 aromatic carbocycles. The minimum absolute atomic E-state index is 0.203. The number of likely N-dealkylation sites (tertiary alicyclic amines) is 1. The van der Waals surface area contributed by atoms with E-state index in [9.17, 15) is 14.7 Å².